The molecule has 0 saturated carbocycles. The Morgan fingerprint density at radius 1 is 1.31 bits per heavy atom. The molecule has 0 bridgehead atoms. The molecule has 7 nitrogen and oxygen atoms in total. The van der Waals surface area contributed by atoms with Gasteiger partial charge in [-0.15, -0.1) is 0 Å². The van der Waals surface area contributed by atoms with E-state index in [1.54, 1.807) is 13.1 Å². The van der Waals surface area contributed by atoms with Crippen LogP contribution in [0.1, 0.15) is 22.5 Å². The van der Waals surface area contributed by atoms with E-state index < -0.39 is 9.84 Å². The Balaban J connectivity index is 1.76. The molecule has 0 radical (unpaired) electrons. The largest absolute Gasteiger partial charge is 0.340 e. The van der Waals surface area contributed by atoms with Gasteiger partial charge < -0.3 is 10.2 Å². The fraction of sp³-hybridized carbons (Fsp3) is 0.353. The van der Waals surface area contributed by atoms with Gasteiger partial charge in [-0.3, -0.25) is 4.79 Å². The maximum Gasteiger partial charge on any atom is 0.272 e. The Kier molecular flexibility index (Phi) is 5.15. The molecule has 0 spiro atoms. The molecule has 9 heteroatoms. The summed E-state index contributed by atoms with van der Waals surface area (Å²) in [6, 6.07) is 6.73. The molecular weight excluding hydrogens is 376 g/mol. The third-order valence-electron chi connectivity index (χ3n) is 4.41. The van der Waals surface area contributed by atoms with E-state index in [1.807, 2.05) is 19.1 Å². The number of hydrogen-bond acceptors (Lipinski definition) is 6. The van der Waals surface area contributed by atoms with E-state index in [0.29, 0.717) is 17.3 Å². The summed E-state index contributed by atoms with van der Waals surface area (Å²) in [4.78, 5) is 22.2. The van der Waals surface area contributed by atoms with Crippen molar-refractivity contribution in [2.24, 2.45) is 0 Å². The van der Waals surface area contributed by atoms with E-state index in [9.17, 15) is 13.2 Å². The second-order valence-electron chi connectivity index (χ2n) is 6.35. The number of aromatic nitrogens is 2. The lowest BCUT2D eigenvalue weighted by atomic mass is 10.2. The van der Waals surface area contributed by atoms with Crippen LogP contribution in [0.15, 0.2) is 30.6 Å². The van der Waals surface area contributed by atoms with Crippen LogP contribution in [0.5, 0.6) is 0 Å². The van der Waals surface area contributed by atoms with Crippen molar-refractivity contribution in [2.75, 3.05) is 23.9 Å². The first-order valence-electron chi connectivity index (χ1n) is 8.08. The fourth-order valence-electron chi connectivity index (χ4n) is 2.79. The van der Waals surface area contributed by atoms with E-state index in [-0.39, 0.29) is 29.1 Å². The molecule has 1 aromatic carbocycles. The van der Waals surface area contributed by atoms with E-state index >= 15 is 0 Å². The highest BCUT2D eigenvalue weighted by molar-refractivity contribution is 7.91. The molecule has 138 valence electrons. The van der Waals surface area contributed by atoms with Gasteiger partial charge in [0, 0.05) is 29.9 Å². The molecule has 1 fully saturated rings. The highest BCUT2D eigenvalue weighted by Gasteiger charge is 2.33. The van der Waals surface area contributed by atoms with Gasteiger partial charge in [0.25, 0.3) is 5.91 Å². The molecule has 2 heterocycles. The minimum absolute atomic E-state index is 0.00665. The van der Waals surface area contributed by atoms with Crippen molar-refractivity contribution in [3.63, 3.8) is 0 Å². The van der Waals surface area contributed by atoms with E-state index in [0.717, 1.165) is 11.3 Å². The van der Waals surface area contributed by atoms with Crippen LogP contribution in [0, 0.1) is 6.92 Å². The number of halogens is 1. The summed E-state index contributed by atoms with van der Waals surface area (Å²) in [7, 11) is -1.46. The Hall–Kier alpha value is -2.19. The number of anilines is 2. The van der Waals surface area contributed by atoms with Gasteiger partial charge in [0.05, 0.1) is 11.5 Å². The minimum Gasteiger partial charge on any atom is -0.340 e. The first kappa shape index (κ1) is 18.6. The molecule has 1 atom stereocenters. The van der Waals surface area contributed by atoms with Gasteiger partial charge in [-0.05, 0) is 31.0 Å². The number of rotatable bonds is 4. The maximum atomic E-state index is 12.6. The van der Waals surface area contributed by atoms with Crippen molar-refractivity contribution in [3.8, 4) is 0 Å². The minimum atomic E-state index is -3.06. The van der Waals surface area contributed by atoms with Gasteiger partial charge in [-0.25, -0.2) is 18.4 Å². The number of benzene rings is 1. The molecule has 1 aliphatic rings. The standard InChI is InChI=1S/C17H19ClN4O3S/c1-11-3-4-12(7-14(11)18)21-16-8-15(19-10-20-16)17(23)22(2)13-5-6-26(24,25)9-13/h3-4,7-8,10,13H,5-6,9H2,1-2H3,(H,19,20,21). The van der Waals surface area contributed by atoms with Crippen LogP contribution in [0.25, 0.3) is 0 Å². The van der Waals surface area contributed by atoms with E-state index in [2.05, 4.69) is 15.3 Å². The van der Waals surface area contributed by atoms with Crippen LogP contribution in [-0.4, -0.2) is 53.8 Å². The van der Waals surface area contributed by atoms with Crippen molar-refractivity contribution < 1.29 is 13.2 Å². The van der Waals surface area contributed by atoms with Crippen LogP contribution in [0.3, 0.4) is 0 Å². The molecule has 1 amide bonds. The average Bonchev–Trinajstić information content (AvgIpc) is 2.97. The van der Waals surface area contributed by atoms with Crippen LogP contribution in [-0.2, 0) is 9.84 Å². The van der Waals surface area contributed by atoms with Crippen LogP contribution in [0.4, 0.5) is 11.5 Å². The summed E-state index contributed by atoms with van der Waals surface area (Å²) in [5, 5.41) is 3.71. The third kappa shape index (κ3) is 4.13. The predicted molar refractivity (Wildman–Crippen MR) is 101 cm³/mol. The van der Waals surface area contributed by atoms with Gasteiger partial charge in [-0.1, -0.05) is 17.7 Å². The second-order valence-corrected chi connectivity index (χ2v) is 8.99. The molecule has 1 N–H and O–H groups in total. The van der Waals surface area contributed by atoms with Gasteiger partial charge in [-0.2, -0.15) is 0 Å². The van der Waals surface area contributed by atoms with Gasteiger partial charge in [0.1, 0.15) is 17.8 Å². The van der Waals surface area contributed by atoms with Crippen molar-refractivity contribution in [2.45, 2.75) is 19.4 Å². The lowest BCUT2D eigenvalue weighted by Gasteiger charge is -2.23. The van der Waals surface area contributed by atoms with Crippen molar-refractivity contribution in [1.82, 2.24) is 14.9 Å². The van der Waals surface area contributed by atoms with Crippen LogP contribution < -0.4 is 5.32 Å². The molecule has 1 aromatic heterocycles. The van der Waals surface area contributed by atoms with Crippen LogP contribution >= 0.6 is 11.6 Å². The number of aryl methyl sites for hydroxylation is 1. The highest BCUT2D eigenvalue weighted by Crippen LogP contribution is 2.23. The lowest BCUT2D eigenvalue weighted by Crippen LogP contribution is -2.38. The number of carbonyl (C=O) groups excluding carboxylic acids is 1. The molecule has 1 aliphatic heterocycles. The van der Waals surface area contributed by atoms with Crippen molar-refractivity contribution in [3.05, 3.63) is 46.9 Å². The lowest BCUT2D eigenvalue weighted by molar-refractivity contribution is 0.0741. The zero-order valence-corrected chi connectivity index (χ0v) is 16.0. The molecule has 3 rings (SSSR count). The third-order valence-corrected chi connectivity index (χ3v) is 6.56. The number of nitrogens with zero attached hydrogens (tertiary/aromatic N) is 3. The molecule has 1 saturated heterocycles. The van der Waals surface area contributed by atoms with Crippen molar-refractivity contribution >= 4 is 38.9 Å². The van der Waals surface area contributed by atoms with E-state index in [1.165, 1.54) is 17.3 Å². The zero-order valence-electron chi connectivity index (χ0n) is 14.4. The normalized spacial score (nSPS) is 18.5. The molecule has 2 aromatic rings. The second kappa shape index (κ2) is 7.20. The predicted octanol–water partition coefficient (Wildman–Crippen LogP) is 2.44. The summed E-state index contributed by atoms with van der Waals surface area (Å²) in [6.45, 7) is 1.91. The highest BCUT2D eigenvalue weighted by atomic mass is 35.5. The Labute approximate surface area is 157 Å². The maximum absolute atomic E-state index is 12.6. The summed E-state index contributed by atoms with van der Waals surface area (Å²) in [5.74, 6) is 0.225. The first-order valence-corrected chi connectivity index (χ1v) is 10.3. The van der Waals surface area contributed by atoms with Gasteiger partial charge >= 0.3 is 0 Å². The smallest absolute Gasteiger partial charge is 0.272 e. The SMILES string of the molecule is Cc1ccc(Nc2cc(C(=O)N(C)C3CCS(=O)(=O)C3)ncn2)cc1Cl. The first-order chi connectivity index (χ1) is 12.2. The summed E-state index contributed by atoms with van der Waals surface area (Å²) < 4.78 is 23.3. The fourth-order valence-corrected chi connectivity index (χ4v) is 4.74. The Bertz CT molecular complexity index is 949. The topological polar surface area (TPSA) is 92.3 Å². The van der Waals surface area contributed by atoms with E-state index in [4.69, 9.17) is 11.6 Å². The summed E-state index contributed by atoms with van der Waals surface area (Å²) in [6.07, 6.45) is 1.74. The average molecular weight is 395 g/mol. The molecule has 1 unspecified atom stereocenters. The number of sulfone groups is 1. The van der Waals surface area contributed by atoms with Crippen molar-refractivity contribution in [1.29, 1.82) is 0 Å². The Morgan fingerprint density at radius 3 is 2.73 bits per heavy atom. The van der Waals surface area contributed by atoms with Gasteiger partial charge in [0.2, 0.25) is 0 Å². The Morgan fingerprint density at radius 2 is 2.08 bits per heavy atom. The zero-order chi connectivity index (χ0) is 18.9. The van der Waals surface area contributed by atoms with Gasteiger partial charge in [0.15, 0.2) is 9.84 Å². The number of hydrogen-bond donors (Lipinski definition) is 1. The molecular formula is C17H19ClN4O3S. The monoisotopic (exact) mass is 394 g/mol. The summed E-state index contributed by atoms with van der Waals surface area (Å²) >= 11 is 6.12. The summed E-state index contributed by atoms with van der Waals surface area (Å²) in [5.41, 5.74) is 1.91. The number of amides is 1. The molecule has 0 aliphatic carbocycles. The number of carbonyl (C=O) groups is 1. The molecule has 26 heavy (non-hydrogen) atoms. The van der Waals surface area contributed by atoms with Crippen LogP contribution in [0.2, 0.25) is 5.02 Å². The quantitative estimate of drug-likeness (QED) is 0.856. The number of nitrogens with one attached hydrogen (secondary N) is 1.